The lowest BCUT2D eigenvalue weighted by Gasteiger charge is -2.31. The molecule has 1 aliphatic rings. The third-order valence-electron chi connectivity index (χ3n) is 4.58. The fourth-order valence-corrected chi connectivity index (χ4v) is 3.21. The van der Waals surface area contributed by atoms with Crippen LogP contribution in [0.4, 0.5) is 4.79 Å². The molecule has 0 radical (unpaired) electrons. The minimum absolute atomic E-state index is 0.0269. The van der Waals surface area contributed by atoms with E-state index in [4.69, 9.17) is 0 Å². The minimum Gasteiger partial charge on any atom is -0.324 e. The number of carbonyl (C=O) groups excluding carboxylic acids is 1. The van der Waals surface area contributed by atoms with Crippen LogP contribution in [0, 0.1) is 6.92 Å². The molecular weight excluding hydrogens is 274 g/mol. The van der Waals surface area contributed by atoms with E-state index in [0.717, 1.165) is 29.9 Å². The molecule has 0 saturated heterocycles. The highest BCUT2D eigenvalue weighted by molar-refractivity contribution is 5.79. The first-order valence-electron chi connectivity index (χ1n) is 8.05. The number of amides is 1. The molecule has 0 N–H and O–H groups in total. The van der Waals surface area contributed by atoms with Crippen LogP contribution in [0.25, 0.3) is 11.3 Å². The van der Waals surface area contributed by atoms with Crippen molar-refractivity contribution in [1.82, 2.24) is 14.5 Å². The number of hydrogen-bond acceptors (Lipinski definition) is 2. The molecule has 1 fully saturated rings. The van der Waals surface area contributed by atoms with Crippen molar-refractivity contribution in [2.45, 2.75) is 45.1 Å². The van der Waals surface area contributed by atoms with Crippen molar-refractivity contribution in [3.63, 3.8) is 0 Å². The van der Waals surface area contributed by atoms with Crippen molar-refractivity contribution in [3.8, 4) is 11.3 Å². The molecule has 22 heavy (non-hydrogen) atoms. The van der Waals surface area contributed by atoms with Crippen LogP contribution in [0.2, 0.25) is 0 Å². The zero-order chi connectivity index (χ0) is 15.5. The van der Waals surface area contributed by atoms with E-state index < -0.39 is 0 Å². The van der Waals surface area contributed by atoms with Crippen LogP contribution in [0.15, 0.2) is 36.5 Å². The van der Waals surface area contributed by atoms with E-state index in [2.05, 4.69) is 4.98 Å². The predicted molar refractivity (Wildman–Crippen MR) is 87.8 cm³/mol. The maximum Gasteiger partial charge on any atom is 0.329 e. The second kappa shape index (κ2) is 6.34. The third-order valence-corrected chi connectivity index (χ3v) is 4.58. The van der Waals surface area contributed by atoms with Crippen LogP contribution in [0.3, 0.4) is 0 Å². The van der Waals surface area contributed by atoms with Gasteiger partial charge in [-0.2, -0.15) is 0 Å². The SMILES string of the molecule is Cc1nc(-c2ccccc2)cn1C(=O)N(C)C1CCCCC1. The lowest BCUT2D eigenvalue weighted by molar-refractivity contribution is 0.174. The zero-order valence-corrected chi connectivity index (χ0v) is 13.3. The lowest BCUT2D eigenvalue weighted by atomic mass is 9.95. The molecule has 116 valence electrons. The van der Waals surface area contributed by atoms with Gasteiger partial charge in [-0.3, -0.25) is 4.57 Å². The largest absolute Gasteiger partial charge is 0.329 e. The highest BCUT2D eigenvalue weighted by Gasteiger charge is 2.24. The molecule has 3 rings (SSSR count). The molecule has 4 heteroatoms. The first-order valence-corrected chi connectivity index (χ1v) is 8.05. The summed E-state index contributed by atoms with van der Waals surface area (Å²) in [7, 11) is 1.92. The van der Waals surface area contributed by atoms with E-state index in [1.54, 1.807) is 4.57 Å². The molecule has 1 aromatic heterocycles. The zero-order valence-electron chi connectivity index (χ0n) is 13.3. The Balaban J connectivity index is 1.82. The first kappa shape index (κ1) is 14.8. The van der Waals surface area contributed by atoms with Gasteiger partial charge in [0.25, 0.3) is 0 Å². The molecule has 0 spiro atoms. The van der Waals surface area contributed by atoms with Gasteiger partial charge in [0.2, 0.25) is 0 Å². The standard InChI is InChI=1S/C18H23N3O/c1-14-19-17(15-9-5-3-6-10-15)13-21(14)18(22)20(2)16-11-7-4-8-12-16/h3,5-6,9-10,13,16H,4,7-8,11-12H2,1-2H3. The Kier molecular flexibility index (Phi) is 4.27. The van der Waals surface area contributed by atoms with Gasteiger partial charge in [0.1, 0.15) is 5.82 Å². The Hall–Kier alpha value is -2.10. The van der Waals surface area contributed by atoms with Gasteiger partial charge in [0.05, 0.1) is 5.69 Å². The Bertz CT molecular complexity index is 642. The minimum atomic E-state index is 0.0269. The number of benzene rings is 1. The summed E-state index contributed by atoms with van der Waals surface area (Å²) in [6.45, 7) is 1.89. The van der Waals surface area contributed by atoms with Gasteiger partial charge < -0.3 is 4.90 Å². The summed E-state index contributed by atoms with van der Waals surface area (Å²) in [4.78, 5) is 19.2. The number of nitrogens with zero attached hydrogens (tertiary/aromatic N) is 3. The van der Waals surface area contributed by atoms with Crippen LogP contribution in [-0.2, 0) is 0 Å². The number of hydrogen-bond donors (Lipinski definition) is 0. The molecular formula is C18H23N3O. The summed E-state index contributed by atoms with van der Waals surface area (Å²) < 4.78 is 1.68. The fraction of sp³-hybridized carbons (Fsp3) is 0.444. The van der Waals surface area contributed by atoms with Crippen LogP contribution in [-0.4, -0.2) is 33.6 Å². The Labute approximate surface area is 131 Å². The molecule has 1 heterocycles. The number of rotatable bonds is 2. The van der Waals surface area contributed by atoms with Gasteiger partial charge >= 0.3 is 6.03 Å². The fourth-order valence-electron chi connectivity index (χ4n) is 3.21. The van der Waals surface area contributed by atoms with Gasteiger partial charge in [0.15, 0.2) is 0 Å². The molecule has 0 bridgehead atoms. The Morgan fingerprint density at radius 2 is 1.86 bits per heavy atom. The van der Waals surface area contributed by atoms with Crippen molar-refractivity contribution in [3.05, 3.63) is 42.4 Å². The van der Waals surface area contributed by atoms with Gasteiger partial charge in [-0.25, -0.2) is 9.78 Å². The van der Waals surface area contributed by atoms with Gasteiger partial charge in [-0.1, -0.05) is 49.6 Å². The van der Waals surface area contributed by atoms with Crippen molar-refractivity contribution in [2.75, 3.05) is 7.05 Å². The molecule has 1 saturated carbocycles. The van der Waals surface area contributed by atoms with Crippen molar-refractivity contribution >= 4 is 6.03 Å². The van der Waals surface area contributed by atoms with Crippen LogP contribution in [0.1, 0.15) is 37.9 Å². The molecule has 1 aromatic carbocycles. The smallest absolute Gasteiger partial charge is 0.324 e. The van der Waals surface area contributed by atoms with E-state index in [0.29, 0.717) is 6.04 Å². The highest BCUT2D eigenvalue weighted by atomic mass is 16.2. The van der Waals surface area contributed by atoms with Crippen molar-refractivity contribution in [2.24, 2.45) is 0 Å². The quantitative estimate of drug-likeness (QED) is 0.837. The number of imidazole rings is 1. The normalized spacial score (nSPS) is 15.7. The summed E-state index contributed by atoms with van der Waals surface area (Å²) in [5, 5.41) is 0. The Morgan fingerprint density at radius 3 is 2.55 bits per heavy atom. The average Bonchev–Trinajstić information content (AvgIpc) is 2.97. The second-order valence-corrected chi connectivity index (χ2v) is 6.09. The summed E-state index contributed by atoms with van der Waals surface area (Å²) >= 11 is 0. The van der Waals surface area contributed by atoms with E-state index >= 15 is 0 Å². The molecule has 2 aromatic rings. The molecule has 4 nitrogen and oxygen atoms in total. The molecule has 0 atom stereocenters. The van der Waals surface area contributed by atoms with Crippen LogP contribution in [0.5, 0.6) is 0 Å². The average molecular weight is 297 g/mol. The number of aromatic nitrogens is 2. The summed E-state index contributed by atoms with van der Waals surface area (Å²) in [5.41, 5.74) is 1.89. The topological polar surface area (TPSA) is 38.1 Å². The maximum absolute atomic E-state index is 12.8. The molecule has 0 unspecified atom stereocenters. The third kappa shape index (κ3) is 2.91. The highest BCUT2D eigenvalue weighted by Crippen LogP contribution is 2.23. The van der Waals surface area contributed by atoms with E-state index in [1.807, 2.05) is 55.4 Å². The van der Waals surface area contributed by atoms with E-state index in [9.17, 15) is 4.79 Å². The summed E-state index contributed by atoms with van der Waals surface area (Å²) in [5.74, 6) is 0.742. The van der Waals surface area contributed by atoms with Crippen molar-refractivity contribution < 1.29 is 4.79 Å². The second-order valence-electron chi connectivity index (χ2n) is 6.09. The van der Waals surface area contributed by atoms with Crippen molar-refractivity contribution in [1.29, 1.82) is 0 Å². The van der Waals surface area contributed by atoms with Crippen LogP contribution < -0.4 is 0 Å². The predicted octanol–water partition coefficient (Wildman–Crippen LogP) is 4.09. The summed E-state index contributed by atoms with van der Waals surface area (Å²) in [6, 6.07) is 10.4. The molecule has 1 aliphatic carbocycles. The van der Waals surface area contributed by atoms with E-state index in [-0.39, 0.29) is 6.03 Å². The maximum atomic E-state index is 12.8. The van der Waals surface area contributed by atoms with Gasteiger partial charge in [-0.15, -0.1) is 0 Å². The lowest BCUT2D eigenvalue weighted by Crippen LogP contribution is -2.40. The van der Waals surface area contributed by atoms with Gasteiger partial charge in [-0.05, 0) is 19.8 Å². The number of aryl methyl sites for hydroxylation is 1. The Morgan fingerprint density at radius 1 is 1.18 bits per heavy atom. The number of carbonyl (C=O) groups is 1. The van der Waals surface area contributed by atoms with Gasteiger partial charge in [0, 0.05) is 24.8 Å². The van der Waals surface area contributed by atoms with E-state index in [1.165, 1.54) is 19.3 Å². The van der Waals surface area contributed by atoms with Crippen LogP contribution >= 0.6 is 0 Å². The first-order chi connectivity index (χ1) is 10.7. The molecule has 0 aliphatic heterocycles. The summed E-state index contributed by atoms with van der Waals surface area (Å²) in [6.07, 6.45) is 7.82. The monoisotopic (exact) mass is 297 g/mol. The molecule has 1 amide bonds.